The molecule has 3 rings (SSSR count). The van der Waals surface area contributed by atoms with Gasteiger partial charge in [0.2, 0.25) is 0 Å². The number of esters is 1. The fourth-order valence-corrected chi connectivity index (χ4v) is 4.61. The highest BCUT2D eigenvalue weighted by Crippen LogP contribution is 2.28. The average molecular weight is 377 g/mol. The molecule has 0 spiro atoms. The van der Waals surface area contributed by atoms with Crippen LogP contribution in [0.3, 0.4) is 0 Å². The minimum atomic E-state index is -1.13. The number of carbonyl (C=O) groups is 2. The lowest BCUT2D eigenvalue weighted by atomic mass is 9.94. The molecule has 1 aliphatic heterocycles. The zero-order valence-corrected chi connectivity index (χ0v) is 15.7. The third-order valence-corrected chi connectivity index (χ3v) is 6.67. The van der Waals surface area contributed by atoms with Gasteiger partial charge < -0.3 is 9.64 Å². The molecule has 0 bridgehead atoms. The van der Waals surface area contributed by atoms with Crippen molar-refractivity contribution in [1.82, 2.24) is 4.90 Å². The fourth-order valence-electron chi connectivity index (χ4n) is 2.92. The number of hydrogen-bond acceptors (Lipinski definition) is 5. The maximum atomic E-state index is 13.0. The van der Waals surface area contributed by atoms with Crippen molar-refractivity contribution in [1.29, 1.82) is 0 Å². The molecule has 2 unspecified atom stereocenters. The Morgan fingerprint density at radius 3 is 2.60 bits per heavy atom. The van der Waals surface area contributed by atoms with Gasteiger partial charge in [0.15, 0.2) is 0 Å². The van der Waals surface area contributed by atoms with Crippen molar-refractivity contribution in [2.45, 2.75) is 30.1 Å². The van der Waals surface area contributed by atoms with Crippen LogP contribution in [0.4, 0.5) is 0 Å². The Balaban J connectivity index is 1.93. The van der Waals surface area contributed by atoms with Gasteiger partial charge in [-0.05, 0) is 30.2 Å². The first-order valence-electron chi connectivity index (χ1n) is 7.99. The zero-order valence-electron chi connectivity index (χ0n) is 14.1. The van der Waals surface area contributed by atoms with E-state index >= 15 is 0 Å². The minimum Gasteiger partial charge on any atom is -0.464 e. The van der Waals surface area contributed by atoms with Crippen molar-refractivity contribution in [3.63, 3.8) is 0 Å². The molecule has 2 heterocycles. The maximum absolute atomic E-state index is 13.0. The van der Waals surface area contributed by atoms with Crippen LogP contribution in [0.2, 0.25) is 0 Å². The number of hydrogen-bond donors (Lipinski definition) is 0. The first-order valence-corrected chi connectivity index (χ1v) is 10.4. The van der Waals surface area contributed by atoms with E-state index in [0.29, 0.717) is 22.1 Å². The zero-order chi connectivity index (χ0) is 18.0. The quantitative estimate of drug-likeness (QED) is 0.769. The van der Waals surface area contributed by atoms with Crippen LogP contribution in [-0.4, -0.2) is 39.9 Å². The number of amides is 1. The molecule has 2 atom stereocenters. The van der Waals surface area contributed by atoms with E-state index < -0.39 is 16.8 Å². The summed E-state index contributed by atoms with van der Waals surface area (Å²) >= 11 is 1.21. The number of nitrogens with zero attached hydrogens (tertiary/aromatic N) is 1. The van der Waals surface area contributed by atoms with Gasteiger partial charge >= 0.3 is 5.97 Å². The molecular weight excluding hydrogens is 358 g/mol. The van der Waals surface area contributed by atoms with Crippen LogP contribution in [0.15, 0.2) is 40.6 Å². The van der Waals surface area contributed by atoms with E-state index in [4.69, 9.17) is 4.74 Å². The predicted molar refractivity (Wildman–Crippen MR) is 97.1 cm³/mol. The number of ether oxygens (including phenoxy) is 1. The van der Waals surface area contributed by atoms with Crippen LogP contribution in [0, 0.1) is 0 Å². The lowest BCUT2D eigenvalue weighted by molar-refractivity contribution is -0.149. The molecule has 5 nitrogen and oxygen atoms in total. The first-order chi connectivity index (χ1) is 12.0. The number of rotatable bonds is 4. The molecule has 0 fully saturated rings. The van der Waals surface area contributed by atoms with Gasteiger partial charge in [0.05, 0.1) is 26.5 Å². The van der Waals surface area contributed by atoms with Gasteiger partial charge in [-0.1, -0.05) is 24.3 Å². The van der Waals surface area contributed by atoms with E-state index in [2.05, 4.69) is 0 Å². The van der Waals surface area contributed by atoms with Crippen molar-refractivity contribution < 1.29 is 18.5 Å². The molecule has 1 amide bonds. The summed E-state index contributed by atoms with van der Waals surface area (Å²) in [6, 6.07) is 10.5. The summed E-state index contributed by atoms with van der Waals surface area (Å²) in [5.74, 6) is -0.615. The fraction of sp³-hybridized carbons (Fsp3) is 0.333. The summed E-state index contributed by atoms with van der Waals surface area (Å²) in [4.78, 5) is 27.4. The molecule has 1 aromatic carbocycles. The van der Waals surface area contributed by atoms with Crippen LogP contribution in [-0.2, 0) is 33.3 Å². The van der Waals surface area contributed by atoms with Gasteiger partial charge in [0.1, 0.15) is 6.04 Å². The maximum Gasteiger partial charge on any atom is 0.329 e. The van der Waals surface area contributed by atoms with Gasteiger partial charge in [-0.25, -0.2) is 4.79 Å². The lowest BCUT2D eigenvalue weighted by Crippen LogP contribution is -2.49. The SMILES string of the molecule is CCOC(=O)C1Cc2ccccc2CN1C(=O)c1ccc(S(C)=O)s1. The van der Waals surface area contributed by atoms with Crippen LogP contribution >= 0.6 is 11.3 Å². The van der Waals surface area contributed by atoms with E-state index in [9.17, 15) is 13.8 Å². The highest BCUT2D eigenvalue weighted by molar-refractivity contribution is 7.86. The molecule has 7 heteroatoms. The molecule has 132 valence electrons. The summed E-state index contributed by atoms with van der Waals surface area (Å²) in [5, 5.41) is 0. The van der Waals surface area contributed by atoms with Gasteiger partial charge in [-0.2, -0.15) is 0 Å². The molecule has 0 radical (unpaired) electrons. The molecule has 0 N–H and O–H groups in total. The summed E-state index contributed by atoms with van der Waals surface area (Å²) in [6.45, 7) is 2.39. The number of benzene rings is 1. The highest BCUT2D eigenvalue weighted by atomic mass is 32.2. The third-order valence-electron chi connectivity index (χ3n) is 4.14. The lowest BCUT2D eigenvalue weighted by Gasteiger charge is -2.35. The van der Waals surface area contributed by atoms with Crippen LogP contribution in [0.5, 0.6) is 0 Å². The normalized spacial score (nSPS) is 17.7. The van der Waals surface area contributed by atoms with Crippen LogP contribution < -0.4 is 0 Å². The number of fused-ring (bicyclic) bond motifs is 1. The molecule has 0 saturated carbocycles. The van der Waals surface area contributed by atoms with E-state index in [1.807, 2.05) is 24.3 Å². The molecule has 0 aliphatic carbocycles. The van der Waals surface area contributed by atoms with Gasteiger partial charge in [-0.15, -0.1) is 11.3 Å². The summed E-state index contributed by atoms with van der Waals surface area (Å²) in [7, 11) is -1.13. The van der Waals surface area contributed by atoms with Crippen LogP contribution in [0.25, 0.3) is 0 Å². The van der Waals surface area contributed by atoms with E-state index in [1.165, 1.54) is 11.3 Å². The minimum absolute atomic E-state index is 0.228. The molecular formula is C18H19NO4S2. The number of thiophene rings is 1. The summed E-state index contributed by atoms with van der Waals surface area (Å²) < 4.78 is 17.4. The Morgan fingerprint density at radius 1 is 1.24 bits per heavy atom. The van der Waals surface area contributed by atoms with Crippen molar-refractivity contribution >= 4 is 34.0 Å². The second kappa shape index (κ2) is 7.49. The van der Waals surface area contributed by atoms with Crippen LogP contribution in [0.1, 0.15) is 27.7 Å². The first kappa shape index (κ1) is 17.8. The summed E-state index contributed by atoms with van der Waals surface area (Å²) in [6.07, 6.45) is 2.03. The molecule has 1 aromatic heterocycles. The van der Waals surface area contributed by atoms with Crippen molar-refractivity contribution in [3.05, 3.63) is 52.4 Å². The van der Waals surface area contributed by atoms with E-state index in [1.54, 1.807) is 30.2 Å². The Hall–Kier alpha value is -1.99. The molecule has 0 saturated heterocycles. The number of carbonyl (C=O) groups excluding carboxylic acids is 2. The molecule has 1 aliphatic rings. The second-order valence-electron chi connectivity index (χ2n) is 5.75. The van der Waals surface area contributed by atoms with Gasteiger partial charge in [0.25, 0.3) is 5.91 Å². The van der Waals surface area contributed by atoms with Crippen molar-refractivity contribution in [2.75, 3.05) is 12.9 Å². The predicted octanol–water partition coefficient (Wildman–Crippen LogP) is 2.62. The third kappa shape index (κ3) is 3.67. The largest absolute Gasteiger partial charge is 0.464 e. The topological polar surface area (TPSA) is 63.7 Å². The molecule has 25 heavy (non-hydrogen) atoms. The Kier molecular flexibility index (Phi) is 5.34. The standard InChI is InChI=1S/C18H19NO4S2/c1-3-23-18(21)14-10-12-6-4-5-7-13(12)11-19(14)17(20)15-8-9-16(24-15)25(2)22/h4-9,14H,3,10-11H2,1-2H3. The Labute approximate surface area is 153 Å². The highest BCUT2D eigenvalue weighted by Gasteiger charge is 2.36. The Bertz CT molecular complexity index is 830. The van der Waals surface area contributed by atoms with Gasteiger partial charge in [-0.3, -0.25) is 9.00 Å². The van der Waals surface area contributed by atoms with E-state index in [0.717, 1.165) is 11.1 Å². The smallest absolute Gasteiger partial charge is 0.329 e. The van der Waals surface area contributed by atoms with Crippen molar-refractivity contribution in [3.8, 4) is 0 Å². The van der Waals surface area contributed by atoms with E-state index in [-0.39, 0.29) is 18.5 Å². The second-order valence-corrected chi connectivity index (χ2v) is 8.44. The summed E-state index contributed by atoms with van der Waals surface area (Å²) in [5.41, 5.74) is 2.10. The molecule has 2 aromatic rings. The van der Waals surface area contributed by atoms with Gasteiger partial charge in [0, 0.05) is 19.2 Å². The van der Waals surface area contributed by atoms with Crippen molar-refractivity contribution in [2.24, 2.45) is 0 Å². The average Bonchev–Trinajstić information content (AvgIpc) is 3.10. The monoisotopic (exact) mass is 377 g/mol. The Morgan fingerprint density at radius 2 is 1.96 bits per heavy atom.